The Kier molecular flexibility index (Phi) is 7.41. The fourth-order valence-corrected chi connectivity index (χ4v) is 2.84. The molecule has 5 heteroatoms. The second-order valence-electron chi connectivity index (χ2n) is 5.35. The molecule has 1 aliphatic rings. The molecule has 1 saturated heterocycles. The maximum absolute atomic E-state index is 12.7. The van der Waals surface area contributed by atoms with Gasteiger partial charge in [0.05, 0.1) is 0 Å². The number of hydrogen-bond acceptors (Lipinski definition) is 2. The second kappa shape index (κ2) is 8.55. The summed E-state index contributed by atoms with van der Waals surface area (Å²) in [5.41, 5.74) is 1.11. The van der Waals surface area contributed by atoms with Crippen LogP contribution in [0, 0.1) is 5.92 Å². The van der Waals surface area contributed by atoms with Crippen molar-refractivity contribution in [3.05, 3.63) is 35.4 Å². The highest BCUT2D eigenvalue weighted by atomic mass is 35.5. The van der Waals surface area contributed by atoms with Gasteiger partial charge in [0.1, 0.15) is 0 Å². The van der Waals surface area contributed by atoms with Crippen molar-refractivity contribution < 1.29 is 8.78 Å². The van der Waals surface area contributed by atoms with E-state index >= 15 is 0 Å². The molecule has 0 saturated carbocycles. The summed E-state index contributed by atoms with van der Waals surface area (Å²) >= 11 is 0. The number of nitrogens with one attached hydrogen (secondary N) is 1. The van der Waals surface area contributed by atoms with E-state index in [-0.39, 0.29) is 18.0 Å². The van der Waals surface area contributed by atoms with Crippen LogP contribution in [-0.2, 0) is 6.54 Å². The fourth-order valence-electron chi connectivity index (χ4n) is 2.84. The van der Waals surface area contributed by atoms with Crippen LogP contribution in [0.5, 0.6) is 0 Å². The first-order chi connectivity index (χ1) is 9.19. The number of alkyl halides is 2. The third kappa shape index (κ3) is 5.00. The highest BCUT2D eigenvalue weighted by molar-refractivity contribution is 5.85. The molecule has 0 spiro atoms. The Morgan fingerprint density at radius 2 is 2.20 bits per heavy atom. The van der Waals surface area contributed by atoms with Gasteiger partial charge in [0, 0.05) is 18.7 Å². The number of benzene rings is 1. The smallest absolute Gasteiger partial charge is 0.263 e. The molecule has 20 heavy (non-hydrogen) atoms. The molecule has 1 N–H and O–H groups in total. The Labute approximate surface area is 126 Å². The molecule has 1 aliphatic heterocycles. The zero-order valence-electron chi connectivity index (χ0n) is 11.8. The van der Waals surface area contributed by atoms with Gasteiger partial charge in [0.15, 0.2) is 0 Å². The van der Waals surface area contributed by atoms with E-state index in [1.807, 2.05) is 13.1 Å². The molecule has 0 bridgehead atoms. The maximum Gasteiger partial charge on any atom is 0.263 e. The number of likely N-dealkylation sites (tertiary alicyclic amines) is 1. The highest BCUT2D eigenvalue weighted by Crippen LogP contribution is 2.22. The molecule has 1 unspecified atom stereocenters. The van der Waals surface area contributed by atoms with Crippen LogP contribution in [0.2, 0.25) is 0 Å². The molecule has 0 radical (unpaired) electrons. The summed E-state index contributed by atoms with van der Waals surface area (Å²) in [5, 5.41) is 3.22. The van der Waals surface area contributed by atoms with Gasteiger partial charge >= 0.3 is 0 Å². The summed E-state index contributed by atoms with van der Waals surface area (Å²) in [4.78, 5) is 2.37. The lowest BCUT2D eigenvalue weighted by Gasteiger charge is -2.32. The van der Waals surface area contributed by atoms with Crippen LogP contribution in [0.25, 0.3) is 0 Å². The van der Waals surface area contributed by atoms with E-state index in [0.29, 0.717) is 5.92 Å². The van der Waals surface area contributed by atoms with Crippen molar-refractivity contribution >= 4 is 12.4 Å². The van der Waals surface area contributed by atoms with Crippen molar-refractivity contribution in [3.63, 3.8) is 0 Å². The first kappa shape index (κ1) is 17.3. The average Bonchev–Trinajstić information content (AvgIpc) is 2.40. The lowest BCUT2D eigenvalue weighted by molar-refractivity contribution is 0.150. The Morgan fingerprint density at radius 3 is 2.90 bits per heavy atom. The summed E-state index contributed by atoms with van der Waals surface area (Å²) in [6, 6.07) is 6.79. The Balaban J connectivity index is 0.00000200. The summed E-state index contributed by atoms with van der Waals surface area (Å²) in [6.07, 6.45) is 0.0771. The van der Waals surface area contributed by atoms with Gasteiger partial charge in [-0.05, 0) is 50.5 Å². The van der Waals surface area contributed by atoms with E-state index in [1.54, 1.807) is 12.1 Å². The van der Waals surface area contributed by atoms with Gasteiger partial charge in [0.2, 0.25) is 0 Å². The minimum absolute atomic E-state index is 0. The number of hydrogen-bond donors (Lipinski definition) is 1. The van der Waals surface area contributed by atoms with Crippen molar-refractivity contribution in [2.75, 3.05) is 26.7 Å². The number of piperidine rings is 1. The third-order valence-corrected chi connectivity index (χ3v) is 3.71. The second-order valence-corrected chi connectivity index (χ2v) is 5.35. The maximum atomic E-state index is 12.7. The number of halogens is 3. The van der Waals surface area contributed by atoms with Gasteiger partial charge < -0.3 is 5.32 Å². The third-order valence-electron chi connectivity index (χ3n) is 3.71. The van der Waals surface area contributed by atoms with Crippen molar-refractivity contribution in [2.45, 2.75) is 25.8 Å². The average molecular weight is 305 g/mol. The zero-order valence-corrected chi connectivity index (χ0v) is 12.6. The first-order valence-electron chi connectivity index (χ1n) is 6.93. The summed E-state index contributed by atoms with van der Waals surface area (Å²) in [7, 11) is 1.98. The van der Waals surface area contributed by atoms with Crippen molar-refractivity contribution in [3.8, 4) is 0 Å². The molecule has 1 fully saturated rings. The molecule has 1 aromatic rings. The summed E-state index contributed by atoms with van der Waals surface area (Å²) in [5.74, 6) is 0.678. The molecule has 0 aliphatic carbocycles. The van der Waals surface area contributed by atoms with Gasteiger partial charge in [-0.2, -0.15) is 0 Å². The molecule has 0 amide bonds. The standard InChI is InChI=1S/C15H22F2N2.ClH/c1-18-9-13-5-3-7-19(11-13)10-12-4-2-6-14(8-12)15(16)17;/h2,4,6,8,13,15,18H,3,5,7,9-11H2,1H3;1H. The van der Waals surface area contributed by atoms with Crippen LogP contribution < -0.4 is 5.32 Å². The van der Waals surface area contributed by atoms with Crippen LogP contribution in [0.1, 0.15) is 30.4 Å². The molecular formula is C15H23ClF2N2. The zero-order chi connectivity index (χ0) is 13.7. The monoisotopic (exact) mass is 304 g/mol. The quantitative estimate of drug-likeness (QED) is 0.896. The largest absolute Gasteiger partial charge is 0.319 e. The molecule has 1 heterocycles. The highest BCUT2D eigenvalue weighted by Gasteiger charge is 2.19. The lowest BCUT2D eigenvalue weighted by Crippen LogP contribution is -2.38. The Hall–Kier alpha value is -0.710. The van der Waals surface area contributed by atoms with E-state index in [2.05, 4.69) is 10.2 Å². The molecule has 2 rings (SSSR count). The first-order valence-corrected chi connectivity index (χ1v) is 6.93. The van der Waals surface area contributed by atoms with Gasteiger partial charge in [-0.3, -0.25) is 4.90 Å². The van der Waals surface area contributed by atoms with Crippen molar-refractivity contribution in [2.24, 2.45) is 5.92 Å². The van der Waals surface area contributed by atoms with Gasteiger partial charge in [0.25, 0.3) is 6.43 Å². The van der Waals surface area contributed by atoms with Crippen molar-refractivity contribution in [1.29, 1.82) is 0 Å². The van der Waals surface area contributed by atoms with Crippen LogP contribution in [0.15, 0.2) is 24.3 Å². The van der Waals surface area contributed by atoms with E-state index < -0.39 is 6.43 Å². The molecule has 1 atom stereocenters. The molecule has 0 aromatic heterocycles. The summed E-state index contributed by atoms with van der Waals surface area (Å²) < 4.78 is 25.3. The predicted octanol–water partition coefficient (Wildman–Crippen LogP) is 3.48. The van der Waals surface area contributed by atoms with Gasteiger partial charge in [-0.15, -0.1) is 12.4 Å². The SMILES string of the molecule is CNCC1CCCN(Cc2cccc(C(F)F)c2)C1.Cl. The van der Waals surface area contributed by atoms with Crippen LogP contribution in [-0.4, -0.2) is 31.6 Å². The molecule has 2 nitrogen and oxygen atoms in total. The van der Waals surface area contributed by atoms with Crippen LogP contribution >= 0.6 is 12.4 Å². The Bertz CT molecular complexity index is 399. The lowest BCUT2D eigenvalue weighted by atomic mass is 9.97. The van der Waals surface area contributed by atoms with E-state index in [4.69, 9.17) is 0 Å². The fraction of sp³-hybridized carbons (Fsp3) is 0.600. The minimum atomic E-state index is -2.38. The topological polar surface area (TPSA) is 15.3 Å². The van der Waals surface area contributed by atoms with Crippen LogP contribution in [0.3, 0.4) is 0 Å². The summed E-state index contributed by atoms with van der Waals surface area (Å²) in [6.45, 7) is 3.94. The van der Waals surface area contributed by atoms with Gasteiger partial charge in [-0.1, -0.05) is 18.2 Å². The molecule has 114 valence electrons. The minimum Gasteiger partial charge on any atom is -0.319 e. The van der Waals surface area contributed by atoms with Gasteiger partial charge in [-0.25, -0.2) is 8.78 Å². The van der Waals surface area contributed by atoms with Crippen molar-refractivity contribution in [1.82, 2.24) is 10.2 Å². The number of nitrogens with zero attached hydrogens (tertiary/aromatic N) is 1. The van der Waals surface area contributed by atoms with Crippen LogP contribution in [0.4, 0.5) is 8.78 Å². The van der Waals surface area contributed by atoms with E-state index in [0.717, 1.165) is 31.7 Å². The Morgan fingerprint density at radius 1 is 1.40 bits per heavy atom. The molecular weight excluding hydrogens is 282 g/mol. The number of rotatable bonds is 5. The molecule has 1 aromatic carbocycles. The van der Waals surface area contributed by atoms with E-state index in [9.17, 15) is 8.78 Å². The normalized spacial score (nSPS) is 19.9. The van der Waals surface area contributed by atoms with E-state index in [1.165, 1.54) is 18.9 Å². The predicted molar refractivity (Wildman–Crippen MR) is 80.6 cm³/mol.